The zero-order valence-electron chi connectivity index (χ0n) is 10.9. The number of carbonyl (C=O) groups is 2. The molecular weight excluding hydrogens is 222 g/mol. The number of rotatable bonds is 1. The van der Waals surface area contributed by atoms with E-state index >= 15 is 0 Å². The Morgan fingerprint density at radius 2 is 2.12 bits per heavy atom. The lowest BCUT2D eigenvalue weighted by Crippen LogP contribution is -2.56. The van der Waals surface area contributed by atoms with Gasteiger partial charge >= 0.3 is 6.09 Å². The average Bonchev–Trinajstić information content (AvgIpc) is 2.19. The Morgan fingerprint density at radius 3 is 2.59 bits per heavy atom. The van der Waals surface area contributed by atoms with E-state index in [2.05, 4.69) is 0 Å². The summed E-state index contributed by atoms with van der Waals surface area (Å²) in [5.74, 6) is -0.108. The fraction of sp³-hybridized carbons (Fsp3) is 0.818. The van der Waals surface area contributed by atoms with Crippen LogP contribution in [0.15, 0.2) is 0 Å². The molecule has 98 valence electrons. The highest BCUT2D eigenvalue weighted by molar-refractivity contribution is 5.80. The Hall–Kier alpha value is -1.30. The largest absolute Gasteiger partial charge is 0.442 e. The summed E-state index contributed by atoms with van der Waals surface area (Å²) in [4.78, 5) is 23.6. The zero-order valence-corrected chi connectivity index (χ0v) is 10.9. The lowest BCUT2D eigenvalue weighted by molar-refractivity contribution is -0.153. The summed E-state index contributed by atoms with van der Waals surface area (Å²) in [7, 11) is 1.57. The van der Waals surface area contributed by atoms with Gasteiger partial charge in [-0.05, 0) is 33.2 Å². The van der Waals surface area contributed by atoms with Gasteiger partial charge in [0.15, 0.2) is 0 Å². The quantitative estimate of drug-likeness (QED) is 0.730. The third-order valence-corrected chi connectivity index (χ3v) is 2.56. The van der Waals surface area contributed by atoms with Crippen molar-refractivity contribution >= 4 is 12.0 Å². The highest BCUT2D eigenvalue weighted by Gasteiger charge is 2.34. The van der Waals surface area contributed by atoms with E-state index in [9.17, 15) is 9.59 Å². The molecule has 1 atom stereocenters. The lowest BCUT2D eigenvalue weighted by Gasteiger charge is -2.39. The number of nitrogens with two attached hydrogens (primary N) is 1. The van der Waals surface area contributed by atoms with Crippen LogP contribution >= 0.6 is 0 Å². The van der Waals surface area contributed by atoms with Crippen LogP contribution in [0.3, 0.4) is 0 Å². The number of hydrazine groups is 1. The molecule has 1 heterocycles. The van der Waals surface area contributed by atoms with Crippen LogP contribution in [-0.4, -0.2) is 47.8 Å². The van der Waals surface area contributed by atoms with Crippen LogP contribution in [0.1, 0.15) is 27.2 Å². The summed E-state index contributed by atoms with van der Waals surface area (Å²) < 4.78 is 5.24. The van der Waals surface area contributed by atoms with E-state index < -0.39 is 11.7 Å². The summed E-state index contributed by atoms with van der Waals surface area (Å²) in [6.45, 7) is 6.18. The first-order valence-corrected chi connectivity index (χ1v) is 5.71. The van der Waals surface area contributed by atoms with Crippen LogP contribution in [0.25, 0.3) is 0 Å². The molecule has 6 nitrogen and oxygen atoms in total. The van der Waals surface area contributed by atoms with E-state index in [1.807, 2.05) is 0 Å². The number of carbonyl (C=O) groups excluding carboxylic acids is 2. The first-order chi connectivity index (χ1) is 7.74. The highest BCUT2D eigenvalue weighted by atomic mass is 16.6. The molecule has 1 saturated heterocycles. The highest BCUT2D eigenvalue weighted by Crippen LogP contribution is 2.19. The molecule has 0 aliphatic carbocycles. The molecular formula is C11H21N3O3. The number of hydrogen-bond acceptors (Lipinski definition) is 4. The van der Waals surface area contributed by atoms with Crippen molar-refractivity contribution in [2.24, 2.45) is 11.7 Å². The first-order valence-electron chi connectivity index (χ1n) is 5.71. The second-order valence-corrected chi connectivity index (χ2v) is 5.29. The van der Waals surface area contributed by atoms with Gasteiger partial charge in [0.25, 0.3) is 0 Å². The van der Waals surface area contributed by atoms with E-state index in [0.29, 0.717) is 19.5 Å². The standard InChI is InChI=1S/C11H21N3O3/c1-11(2,3)17-10(16)14-7-8(6-12)5-9(15)13(14)4/h8H,5-7,12H2,1-4H3. The first kappa shape index (κ1) is 13.8. The summed E-state index contributed by atoms with van der Waals surface area (Å²) in [5.41, 5.74) is 4.98. The van der Waals surface area contributed by atoms with Crippen LogP contribution in [0.5, 0.6) is 0 Å². The monoisotopic (exact) mass is 243 g/mol. The van der Waals surface area contributed by atoms with Crippen molar-refractivity contribution in [1.82, 2.24) is 10.0 Å². The minimum Gasteiger partial charge on any atom is -0.442 e. The van der Waals surface area contributed by atoms with Crippen LogP contribution in [-0.2, 0) is 9.53 Å². The van der Waals surface area contributed by atoms with Gasteiger partial charge in [-0.2, -0.15) is 0 Å². The molecule has 0 aromatic heterocycles. The molecule has 1 rings (SSSR count). The average molecular weight is 243 g/mol. The zero-order chi connectivity index (χ0) is 13.2. The van der Waals surface area contributed by atoms with Crippen molar-refractivity contribution in [3.8, 4) is 0 Å². The molecule has 1 fully saturated rings. The van der Waals surface area contributed by atoms with Crippen LogP contribution in [0.4, 0.5) is 4.79 Å². The van der Waals surface area contributed by atoms with E-state index in [0.717, 1.165) is 0 Å². The van der Waals surface area contributed by atoms with Crippen LogP contribution in [0, 0.1) is 5.92 Å². The van der Waals surface area contributed by atoms with Crippen molar-refractivity contribution in [3.63, 3.8) is 0 Å². The Balaban J connectivity index is 2.73. The summed E-state index contributed by atoms with van der Waals surface area (Å²) in [5, 5.41) is 2.62. The topological polar surface area (TPSA) is 75.9 Å². The smallest absolute Gasteiger partial charge is 0.429 e. The van der Waals surface area contributed by atoms with Gasteiger partial charge in [0, 0.05) is 13.5 Å². The Labute approximate surface area is 102 Å². The fourth-order valence-electron chi connectivity index (χ4n) is 1.61. The van der Waals surface area contributed by atoms with E-state index in [4.69, 9.17) is 10.5 Å². The molecule has 1 aliphatic heterocycles. The summed E-state index contributed by atoms with van der Waals surface area (Å²) in [6.07, 6.45) is -0.127. The fourth-order valence-corrected chi connectivity index (χ4v) is 1.61. The van der Waals surface area contributed by atoms with Gasteiger partial charge in [-0.3, -0.25) is 9.80 Å². The molecule has 0 bridgehead atoms. The maximum absolute atomic E-state index is 11.9. The number of ether oxygens (including phenoxy) is 1. The third-order valence-electron chi connectivity index (χ3n) is 2.56. The molecule has 2 amide bonds. The SMILES string of the molecule is CN1C(=O)CC(CN)CN1C(=O)OC(C)(C)C. The van der Waals surface area contributed by atoms with Gasteiger partial charge < -0.3 is 10.5 Å². The number of amides is 2. The second kappa shape index (κ2) is 4.91. The lowest BCUT2D eigenvalue weighted by atomic mass is 10.0. The van der Waals surface area contributed by atoms with Crippen molar-refractivity contribution in [1.29, 1.82) is 0 Å². The Bertz CT molecular complexity index is 312. The molecule has 2 N–H and O–H groups in total. The minimum absolute atomic E-state index is 0.00576. The molecule has 6 heteroatoms. The molecule has 0 aromatic rings. The summed E-state index contributed by atoms with van der Waals surface area (Å²) >= 11 is 0. The number of hydrogen-bond donors (Lipinski definition) is 1. The van der Waals surface area contributed by atoms with Gasteiger partial charge in [0.1, 0.15) is 5.60 Å². The molecule has 1 unspecified atom stereocenters. The Morgan fingerprint density at radius 1 is 1.53 bits per heavy atom. The maximum Gasteiger partial charge on any atom is 0.429 e. The molecule has 0 spiro atoms. The van der Waals surface area contributed by atoms with Crippen molar-refractivity contribution in [3.05, 3.63) is 0 Å². The molecule has 0 saturated carbocycles. The number of nitrogens with zero attached hydrogens (tertiary/aromatic N) is 2. The maximum atomic E-state index is 11.9. The van der Waals surface area contributed by atoms with Crippen molar-refractivity contribution in [2.75, 3.05) is 20.1 Å². The van der Waals surface area contributed by atoms with Gasteiger partial charge in [0.05, 0.1) is 6.54 Å². The molecule has 1 aliphatic rings. The van der Waals surface area contributed by atoms with Crippen molar-refractivity contribution in [2.45, 2.75) is 32.8 Å². The predicted octanol–water partition coefficient (Wildman–Crippen LogP) is 0.575. The van der Waals surface area contributed by atoms with Crippen molar-refractivity contribution < 1.29 is 14.3 Å². The third kappa shape index (κ3) is 3.59. The molecule has 17 heavy (non-hydrogen) atoms. The van der Waals surface area contributed by atoms with Gasteiger partial charge in [0.2, 0.25) is 5.91 Å². The second-order valence-electron chi connectivity index (χ2n) is 5.29. The van der Waals surface area contributed by atoms with E-state index in [1.165, 1.54) is 10.0 Å². The molecule has 0 aromatic carbocycles. The van der Waals surface area contributed by atoms with Gasteiger partial charge in [-0.25, -0.2) is 9.80 Å². The predicted molar refractivity (Wildman–Crippen MR) is 62.9 cm³/mol. The van der Waals surface area contributed by atoms with E-state index in [1.54, 1.807) is 27.8 Å². The minimum atomic E-state index is -0.573. The van der Waals surface area contributed by atoms with E-state index in [-0.39, 0.29) is 11.8 Å². The Kier molecular flexibility index (Phi) is 3.98. The van der Waals surface area contributed by atoms with Crippen LogP contribution in [0.2, 0.25) is 0 Å². The van der Waals surface area contributed by atoms with Gasteiger partial charge in [-0.1, -0.05) is 0 Å². The van der Waals surface area contributed by atoms with Crippen LogP contribution < -0.4 is 5.73 Å². The normalized spacial score (nSPS) is 21.7. The van der Waals surface area contributed by atoms with Gasteiger partial charge in [-0.15, -0.1) is 0 Å². The summed E-state index contributed by atoms with van der Waals surface area (Å²) in [6, 6.07) is 0. The molecule has 0 radical (unpaired) electrons.